The van der Waals surface area contributed by atoms with Gasteiger partial charge in [0, 0.05) is 23.0 Å². The Morgan fingerprint density at radius 1 is 0.739 bits per heavy atom. The van der Waals surface area contributed by atoms with Gasteiger partial charge in [-0.3, -0.25) is 0 Å². The van der Waals surface area contributed by atoms with Crippen LogP contribution in [0.4, 0.5) is 0 Å². The number of phenols is 2. The smallest absolute Gasteiger partial charge is 0.118 e. The predicted octanol–water partition coefficient (Wildman–Crippen LogP) is 2.94. The van der Waals surface area contributed by atoms with Gasteiger partial charge >= 0.3 is 0 Å². The van der Waals surface area contributed by atoms with Crippen molar-refractivity contribution in [1.82, 2.24) is 0 Å². The van der Waals surface area contributed by atoms with E-state index in [0.29, 0.717) is 12.8 Å². The summed E-state index contributed by atoms with van der Waals surface area (Å²) in [7, 11) is 0. The van der Waals surface area contributed by atoms with Crippen molar-refractivity contribution in [3.63, 3.8) is 0 Å². The third-order valence-corrected chi connectivity index (χ3v) is 5.20. The minimum atomic E-state index is 0.00988. The molecule has 0 aromatic heterocycles. The zero-order valence-electron chi connectivity index (χ0n) is 13.3. The summed E-state index contributed by atoms with van der Waals surface area (Å²) in [5.41, 5.74) is 3.36. The molecule has 0 bridgehead atoms. The fourth-order valence-corrected chi connectivity index (χ4v) is 3.86. The molecule has 2 aromatic carbocycles. The summed E-state index contributed by atoms with van der Waals surface area (Å²) in [4.78, 5) is 1.91. The molecule has 0 aliphatic rings. The number of aliphatic hydroxyl groups excluding tert-OH is 2. The molecule has 0 amide bonds. The highest BCUT2D eigenvalue weighted by Gasteiger charge is 2.15. The number of hydrogen-bond acceptors (Lipinski definition) is 5. The van der Waals surface area contributed by atoms with E-state index >= 15 is 0 Å². The Balaban J connectivity index is 2.47. The quantitative estimate of drug-likeness (QED) is 0.653. The third kappa shape index (κ3) is 3.80. The van der Waals surface area contributed by atoms with Gasteiger partial charge in [-0.15, -0.1) is 0 Å². The van der Waals surface area contributed by atoms with Gasteiger partial charge in [0.15, 0.2) is 0 Å². The first-order valence-corrected chi connectivity index (χ1v) is 8.33. The van der Waals surface area contributed by atoms with Crippen LogP contribution in [0.15, 0.2) is 34.1 Å². The molecular weight excluding hydrogens is 312 g/mol. The van der Waals surface area contributed by atoms with Crippen molar-refractivity contribution in [3.05, 3.63) is 46.5 Å². The number of aliphatic hydroxyl groups is 2. The summed E-state index contributed by atoms with van der Waals surface area (Å²) in [5.74, 6) is 0.436. The maximum absolute atomic E-state index is 9.88. The topological polar surface area (TPSA) is 80.9 Å². The van der Waals surface area contributed by atoms with E-state index in [9.17, 15) is 20.4 Å². The third-order valence-electron chi connectivity index (χ3n) is 4.00. The van der Waals surface area contributed by atoms with Gasteiger partial charge in [0.25, 0.3) is 0 Å². The molecule has 0 heterocycles. The van der Waals surface area contributed by atoms with E-state index in [4.69, 9.17) is 0 Å². The van der Waals surface area contributed by atoms with Crippen LogP contribution in [0.25, 0.3) is 0 Å². The first-order chi connectivity index (χ1) is 11.0. The second kappa shape index (κ2) is 7.73. The van der Waals surface area contributed by atoms with Gasteiger partial charge in [0.2, 0.25) is 0 Å². The Morgan fingerprint density at radius 3 is 1.48 bits per heavy atom. The molecule has 0 unspecified atom stereocenters. The monoisotopic (exact) mass is 334 g/mol. The van der Waals surface area contributed by atoms with E-state index in [-0.39, 0.29) is 24.7 Å². The van der Waals surface area contributed by atoms with Crippen LogP contribution in [0.2, 0.25) is 0 Å². The molecule has 2 aromatic rings. The molecule has 0 saturated heterocycles. The fourth-order valence-electron chi connectivity index (χ4n) is 2.59. The lowest BCUT2D eigenvalue weighted by Gasteiger charge is -2.16. The van der Waals surface area contributed by atoms with Crippen molar-refractivity contribution in [2.45, 2.75) is 36.5 Å². The summed E-state index contributed by atoms with van der Waals surface area (Å²) in [6.07, 6.45) is 0.934. The normalized spacial score (nSPS) is 11.0. The minimum Gasteiger partial charge on any atom is -0.508 e. The molecule has 124 valence electrons. The van der Waals surface area contributed by atoms with E-state index in [1.807, 2.05) is 26.0 Å². The van der Waals surface area contributed by atoms with Crippen LogP contribution < -0.4 is 0 Å². The lowest BCUT2D eigenvalue weighted by Crippen LogP contribution is -2.00. The van der Waals surface area contributed by atoms with Gasteiger partial charge in [-0.2, -0.15) is 0 Å². The number of hydrogen-bond donors (Lipinski definition) is 4. The summed E-state index contributed by atoms with van der Waals surface area (Å²) in [5, 5.41) is 38.3. The Morgan fingerprint density at radius 2 is 1.13 bits per heavy atom. The lowest BCUT2D eigenvalue weighted by atomic mass is 10.0. The van der Waals surface area contributed by atoms with Crippen LogP contribution in [0.3, 0.4) is 0 Å². The van der Waals surface area contributed by atoms with E-state index in [1.165, 1.54) is 11.8 Å². The molecule has 23 heavy (non-hydrogen) atoms. The van der Waals surface area contributed by atoms with Gasteiger partial charge in [-0.1, -0.05) is 11.8 Å². The average Bonchev–Trinajstić information content (AvgIpc) is 2.53. The Hall–Kier alpha value is -1.69. The Bertz CT molecular complexity index is 638. The van der Waals surface area contributed by atoms with Gasteiger partial charge in [0.1, 0.15) is 11.5 Å². The van der Waals surface area contributed by atoms with Crippen LogP contribution in [0.1, 0.15) is 22.3 Å². The Kier molecular flexibility index (Phi) is 5.93. The van der Waals surface area contributed by atoms with Crippen molar-refractivity contribution in [3.8, 4) is 11.5 Å². The van der Waals surface area contributed by atoms with Gasteiger partial charge in [-0.25, -0.2) is 0 Å². The summed E-state index contributed by atoms with van der Waals surface area (Å²) < 4.78 is 0. The van der Waals surface area contributed by atoms with Crippen molar-refractivity contribution in [2.24, 2.45) is 0 Å². The van der Waals surface area contributed by atoms with E-state index in [1.54, 1.807) is 12.1 Å². The van der Waals surface area contributed by atoms with Crippen LogP contribution >= 0.6 is 11.8 Å². The number of aromatic hydroxyl groups is 2. The minimum absolute atomic E-state index is 0.00988. The zero-order valence-corrected chi connectivity index (χ0v) is 14.2. The predicted molar refractivity (Wildman–Crippen MR) is 91.4 cm³/mol. The molecule has 0 radical (unpaired) electrons. The molecule has 2 rings (SSSR count). The highest BCUT2D eigenvalue weighted by atomic mass is 32.2. The molecule has 0 fully saturated rings. The second-order valence-corrected chi connectivity index (χ2v) is 6.51. The summed E-state index contributed by atoms with van der Waals surface area (Å²) >= 11 is 1.52. The highest BCUT2D eigenvalue weighted by Crippen LogP contribution is 2.39. The maximum atomic E-state index is 9.88. The Labute approximate surface area is 140 Å². The number of phenolic OH excluding ortho intramolecular Hbond substituents is 2. The molecule has 4 N–H and O–H groups in total. The van der Waals surface area contributed by atoms with Crippen LogP contribution in [0.5, 0.6) is 11.5 Å². The molecule has 0 saturated carbocycles. The molecule has 0 atom stereocenters. The van der Waals surface area contributed by atoms with Crippen molar-refractivity contribution >= 4 is 11.8 Å². The fraction of sp³-hybridized carbons (Fsp3) is 0.333. The van der Waals surface area contributed by atoms with Crippen molar-refractivity contribution < 1.29 is 20.4 Å². The summed E-state index contributed by atoms with van der Waals surface area (Å²) in [6.45, 7) is 3.69. The van der Waals surface area contributed by atoms with Crippen LogP contribution in [0, 0.1) is 13.8 Å². The maximum Gasteiger partial charge on any atom is 0.118 e. The average molecular weight is 334 g/mol. The molecule has 4 nitrogen and oxygen atoms in total. The largest absolute Gasteiger partial charge is 0.508 e. The summed E-state index contributed by atoms with van der Waals surface area (Å²) in [6, 6.07) is 6.97. The molecular formula is C18H22O4S. The van der Waals surface area contributed by atoms with Gasteiger partial charge in [0.05, 0.1) is 0 Å². The lowest BCUT2D eigenvalue weighted by molar-refractivity contribution is 0.298. The van der Waals surface area contributed by atoms with Gasteiger partial charge in [-0.05, 0) is 73.2 Å². The van der Waals surface area contributed by atoms with Crippen molar-refractivity contribution in [1.29, 1.82) is 0 Å². The molecule has 5 heteroatoms. The second-order valence-electron chi connectivity index (χ2n) is 5.42. The molecule has 0 aliphatic heterocycles. The van der Waals surface area contributed by atoms with Crippen molar-refractivity contribution in [2.75, 3.05) is 13.2 Å². The highest BCUT2D eigenvalue weighted by molar-refractivity contribution is 7.99. The van der Waals surface area contributed by atoms with E-state index in [2.05, 4.69) is 0 Å². The van der Waals surface area contributed by atoms with E-state index < -0.39 is 0 Å². The first kappa shape index (κ1) is 17.7. The van der Waals surface area contributed by atoms with Crippen LogP contribution in [-0.2, 0) is 12.8 Å². The number of rotatable bonds is 6. The molecule has 0 spiro atoms. The number of benzene rings is 2. The van der Waals surface area contributed by atoms with Gasteiger partial charge < -0.3 is 20.4 Å². The molecule has 0 aliphatic carbocycles. The van der Waals surface area contributed by atoms with E-state index in [0.717, 1.165) is 32.0 Å². The first-order valence-electron chi connectivity index (χ1n) is 7.52. The van der Waals surface area contributed by atoms with Crippen LogP contribution in [-0.4, -0.2) is 33.6 Å². The zero-order chi connectivity index (χ0) is 17.0. The SMILES string of the molecule is Cc1c(O)ccc(Sc2ccc(O)c(C)c2CCO)c1CCO. The standard InChI is InChI=1S/C18H22O4S/c1-11-13(7-9-19)17(5-3-15(11)21)23-18-6-4-16(22)12(2)14(18)8-10-20/h3-6,19-22H,7-10H2,1-2H3.